The molecule has 96 valence electrons. The summed E-state index contributed by atoms with van der Waals surface area (Å²) in [6.07, 6.45) is 3.43. The second kappa shape index (κ2) is 4.26. The standard InChI is InChI=1S/C14H17FN2O/c15-10-1-2-13(16)14(7-10)17-11-3-8-5-12(18)6-9(8)4-11/h1-2,7-9,11,17H,3-6,16H2/t8-,9+,11?. The molecule has 2 saturated carbocycles. The van der Waals surface area contributed by atoms with Gasteiger partial charge in [0.2, 0.25) is 0 Å². The fourth-order valence-corrected chi connectivity index (χ4v) is 3.37. The maximum atomic E-state index is 13.2. The number of halogens is 1. The molecule has 0 heterocycles. The third kappa shape index (κ3) is 2.07. The highest BCUT2D eigenvalue weighted by molar-refractivity contribution is 5.81. The Morgan fingerprint density at radius 2 is 1.89 bits per heavy atom. The van der Waals surface area contributed by atoms with E-state index >= 15 is 0 Å². The van der Waals surface area contributed by atoms with Crippen molar-refractivity contribution in [1.82, 2.24) is 0 Å². The van der Waals surface area contributed by atoms with Crippen LogP contribution in [0.5, 0.6) is 0 Å². The Balaban J connectivity index is 1.68. The van der Waals surface area contributed by atoms with Gasteiger partial charge in [0, 0.05) is 18.9 Å². The van der Waals surface area contributed by atoms with E-state index in [1.165, 1.54) is 12.1 Å². The molecular weight excluding hydrogens is 231 g/mol. The average Bonchev–Trinajstić information content (AvgIpc) is 2.80. The smallest absolute Gasteiger partial charge is 0.133 e. The molecule has 18 heavy (non-hydrogen) atoms. The molecule has 0 radical (unpaired) electrons. The molecule has 2 aliphatic carbocycles. The quantitative estimate of drug-likeness (QED) is 0.791. The van der Waals surface area contributed by atoms with Gasteiger partial charge in [0.25, 0.3) is 0 Å². The van der Waals surface area contributed by atoms with Crippen LogP contribution in [0.25, 0.3) is 0 Å². The molecule has 0 aromatic heterocycles. The van der Waals surface area contributed by atoms with Gasteiger partial charge in [-0.1, -0.05) is 0 Å². The molecule has 0 bridgehead atoms. The van der Waals surface area contributed by atoms with Gasteiger partial charge in [0.1, 0.15) is 11.6 Å². The predicted molar refractivity (Wildman–Crippen MR) is 68.7 cm³/mol. The van der Waals surface area contributed by atoms with Gasteiger partial charge >= 0.3 is 0 Å². The van der Waals surface area contributed by atoms with E-state index in [0.29, 0.717) is 35.0 Å². The van der Waals surface area contributed by atoms with Crippen LogP contribution in [0.4, 0.5) is 15.8 Å². The van der Waals surface area contributed by atoms with Crippen LogP contribution in [0, 0.1) is 17.7 Å². The number of anilines is 2. The van der Waals surface area contributed by atoms with Crippen LogP contribution in [0.3, 0.4) is 0 Å². The zero-order valence-corrected chi connectivity index (χ0v) is 10.2. The Kier molecular flexibility index (Phi) is 2.73. The average molecular weight is 248 g/mol. The fraction of sp³-hybridized carbons (Fsp3) is 0.500. The largest absolute Gasteiger partial charge is 0.397 e. The van der Waals surface area contributed by atoms with Crippen molar-refractivity contribution >= 4 is 17.2 Å². The lowest BCUT2D eigenvalue weighted by Crippen LogP contribution is -2.18. The van der Waals surface area contributed by atoms with Gasteiger partial charge in [-0.25, -0.2) is 4.39 Å². The minimum atomic E-state index is -0.278. The number of carbonyl (C=O) groups is 1. The Morgan fingerprint density at radius 1 is 1.22 bits per heavy atom. The van der Waals surface area contributed by atoms with E-state index in [2.05, 4.69) is 5.32 Å². The van der Waals surface area contributed by atoms with Crippen LogP contribution in [0.15, 0.2) is 18.2 Å². The highest BCUT2D eigenvalue weighted by atomic mass is 19.1. The van der Waals surface area contributed by atoms with Crippen LogP contribution >= 0.6 is 0 Å². The molecular formula is C14H17FN2O. The van der Waals surface area contributed by atoms with Gasteiger partial charge in [0.15, 0.2) is 0 Å². The van der Waals surface area contributed by atoms with Crippen molar-refractivity contribution in [3.8, 4) is 0 Å². The summed E-state index contributed by atoms with van der Waals surface area (Å²) in [6, 6.07) is 4.70. The van der Waals surface area contributed by atoms with Gasteiger partial charge in [0.05, 0.1) is 11.4 Å². The third-order valence-corrected chi connectivity index (χ3v) is 4.20. The lowest BCUT2D eigenvalue weighted by atomic mass is 10.0. The lowest BCUT2D eigenvalue weighted by molar-refractivity contribution is -0.117. The topological polar surface area (TPSA) is 55.1 Å². The molecule has 3 rings (SSSR count). The van der Waals surface area contributed by atoms with Crippen molar-refractivity contribution < 1.29 is 9.18 Å². The van der Waals surface area contributed by atoms with Crippen LogP contribution < -0.4 is 11.1 Å². The van der Waals surface area contributed by atoms with E-state index in [1.54, 1.807) is 6.07 Å². The number of fused-ring (bicyclic) bond motifs is 1. The molecule has 1 aromatic rings. The Hall–Kier alpha value is -1.58. The first kappa shape index (κ1) is 11.5. The molecule has 3 N–H and O–H groups in total. The molecule has 1 aromatic carbocycles. The second-order valence-corrected chi connectivity index (χ2v) is 5.51. The second-order valence-electron chi connectivity index (χ2n) is 5.51. The summed E-state index contributed by atoms with van der Waals surface area (Å²) in [7, 11) is 0. The Morgan fingerprint density at radius 3 is 2.56 bits per heavy atom. The number of ketones is 1. The summed E-state index contributed by atoms with van der Waals surface area (Å²) in [4.78, 5) is 11.3. The van der Waals surface area contributed by atoms with Crippen LogP contribution in [0.1, 0.15) is 25.7 Å². The van der Waals surface area contributed by atoms with Gasteiger partial charge in [-0.2, -0.15) is 0 Å². The summed E-state index contributed by atoms with van der Waals surface area (Å²) in [5.41, 5.74) is 7.07. The Bertz CT molecular complexity index is 473. The van der Waals surface area contributed by atoms with Gasteiger partial charge in [-0.15, -0.1) is 0 Å². The van der Waals surface area contributed by atoms with E-state index in [0.717, 1.165) is 25.7 Å². The van der Waals surface area contributed by atoms with E-state index < -0.39 is 0 Å². The van der Waals surface area contributed by atoms with Crippen molar-refractivity contribution in [1.29, 1.82) is 0 Å². The monoisotopic (exact) mass is 248 g/mol. The molecule has 0 spiro atoms. The molecule has 4 heteroatoms. The molecule has 3 atom stereocenters. The predicted octanol–water partition coefficient (Wildman–Crippen LogP) is 2.58. The normalized spacial score (nSPS) is 30.5. The molecule has 0 aliphatic heterocycles. The van der Waals surface area contributed by atoms with Crippen molar-refractivity contribution in [2.24, 2.45) is 11.8 Å². The van der Waals surface area contributed by atoms with Gasteiger partial charge in [-0.3, -0.25) is 4.79 Å². The SMILES string of the molecule is Nc1ccc(F)cc1NC1C[C@H]2CC(=O)C[C@H]2C1. The molecule has 2 fully saturated rings. The van der Waals surface area contributed by atoms with Crippen LogP contribution in [-0.4, -0.2) is 11.8 Å². The first-order valence-electron chi connectivity index (χ1n) is 6.45. The van der Waals surface area contributed by atoms with Crippen molar-refractivity contribution in [3.63, 3.8) is 0 Å². The zero-order valence-electron chi connectivity index (χ0n) is 10.2. The summed E-state index contributed by atoms with van der Waals surface area (Å²) in [5, 5.41) is 3.32. The highest BCUT2D eigenvalue weighted by Gasteiger charge is 2.41. The highest BCUT2D eigenvalue weighted by Crippen LogP contribution is 2.43. The minimum absolute atomic E-state index is 0.278. The first-order valence-corrected chi connectivity index (χ1v) is 6.45. The molecule has 2 aliphatic rings. The zero-order chi connectivity index (χ0) is 12.7. The van der Waals surface area contributed by atoms with Gasteiger partial charge < -0.3 is 11.1 Å². The maximum absolute atomic E-state index is 13.2. The number of benzene rings is 1. The van der Waals surface area contributed by atoms with Crippen molar-refractivity contribution in [2.45, 2.75) is 31.7 Å². The molecule has 1 unspecified atom stereocenters. The van der Waals surface area contributed by atoms with Crippen LogP contribution in [-0.2, 0) is 4.79 Å². The fourth-order valence-electron chi connectivity index (χ4n) is 3.37. The van der Waals surface area contributed by atoms with Crippen LogP contribution in [0.2, 0.25) is 0 Å². The summed E-state index contributed by atoms with van der Waals surface area (Å²) in [5.74, 6) is 1.16. The summed E-state index contributed by atoms with van der Waals surface area (Å²) in [6.45, 7) is 0. The third-order valence-electron chi connectivity index (χ3n) is 4.20. The first-order chi connectivity index (χ1) is 8.61. The lowest BCUT2D eigenvalue weighted by Gasteiger charge is -2.16. The van der Waals surface area contributed by atoms with Gasteiger partial charge in [-0.05, 0) is 42.9 Å². The maximum Gasteiger partial charge on any atom is 0.133 e. The Labute approximate surface area is 106 Å². The number of carbonyl (C=O) groups excluding carboxylic acids is 1. The van der Waals surface area contributed by atoms with E-state index in [4.69, 9.17) is 5.73 Å². The minimum Gasteiger partial charge on any atom is -0.397 e. The number of hydrogen-bond donors (Lipinski definition) is 2. The number of nitrogens with one attached hydrogen (secondary N) is 1. The van der Waals surface area contributed by atoms with E-state index in [-0.39, 0.29) is 5.82 Å². The molecule has 0 saturated heterocycles. The molecule has 3 nitrogen and oxygen atoms in total. The van der Waals surface area contributed by atoms with Crippen molar-refractivity contribution in [3.05, 3.63) is 24.0 Å². The van der Waals surface area contributed by atoms with E-state index in [9.17, 15) is 9.18 Å². The number of rotatable bonds is 2. The summed E-state index contributed by atoms with van der Waals surface area (Å²) < 4.78 is 13.2. The van der Waals surface area contributed by atoms with E-state index in [1.807, 2.05) is 0 Å². The summed E-state index contributed by atoms with van der Waals surface area (Å²) >= 11 is 0. The number of nitrogen functional groups attached to an aromatic ring is 1. The number of hydrogen-bond acceptors (Lipinski definition) is 3. The van der Waals surface area contributed by atoms with Crippen molar-refractivity contribution in [2.75, 3.05) is 11.1 Å². The number of Topliss-reactive ketones (excluding diaryl/α,β-unsaturated/α-hetero) is 1. The molecule has 0 amide bonds. The number of nitrogens with two attached hydrogens (primary N) is 1.